The third-order valence-electron chi connectivity index (χ3n) is 2.57. The van der Waals surface area contributed by atoms with Gasteiger partial charge in [-0.1, -0.05) is 6.92 Å². The molecule has 0 aliphatic rings. The number of nitrogens with two attached hydrogens (primary N) is 1. The predicted octanol–water partition coefficient (Wildman–Crippen LogP) is 1.29. The Bertz CT molecular complexity index is 269. The first-order valence-electron chi connectivity index (χ1n) is 5.72. The van der Waals surface area contributed by atoms with E-state index >= 15 is 0 Å². The lowest BCUT2D eigenvalue weighted by atomic mass is 10.3. The van der Waals surface area contributed by atoms with Crippen LogP contribution < -0.4 is 11.1 Å². The lowest BCUT2D eigenvalue weighted by Gasteiger charge is -2.08. The van der Waals surface area contributed by atoms with Gasteiger partial charge in [-0.15, -0.1) is 0 Å². The topological polar surface area (TPSA) is 55.9 Å². The van der Waals surface area contributed by atoms with Gasteiger partial charge in [-0.05, 0) is 38.9 Å². The summed E-state index contributed by atoms with van der Waals surface area (Å²) in [5.41, 5.74) is 6.51. The van der Waals surface area contributed by atoms with Crippen molar-refractivity contribution in [2.24, 2.45) is 5.73 Å². The molecule has 0 spiro atoms. The number of rotatable bonds is 7. The first kappa shape index (κ1) is 12.2. The fourth-order valence-electron chi connectivity index (χ4n) is 1.35. The van der Waals surface area contributed by atoms with Crippen LogP contribution in [0.15, 0.2) is 12.3 Å². The summed E-state index contributed by atoms with van der Waals surface area (Å²) in [6.07, 6.45) is 4.18. The van der Waals surface area contributed by atoms with E-state index in [0.717, 1.165) is 38.2 Å². The summed E-state index contributed by atoms with van der Waals surface area (Å²) in [7, 11) is 0. The summed E-state index contributed by atoms with van der Waals surface area (Å²) < 4.78 is 2.03. The Morgan fingerprint density at radius 1 is 1.60 bits per heavy atom. The molecule has 0 saturated heterocycles. The Morgan fingerprint density at radius 3 is 3.07 bits per heavy atom. The molecule has 0 saturated carbocycles. The van der Waals surface area contributed by atoms with E-state index in [-0.39, 0.29) is 0 Å². The largest absolute Gasteiger partial charge is 0.330 e. The molecule has 1 unspecified atom stereocenters. The second-order valence-electron chi connectivity index (χ2n) is 3.86. The normalized spacial score (nSPS) is 13.0. The number of nitrogens with zero attached hydrogens (tertiary/aromatic N) is 2. The van der Waals surface area contributed by atoms with Crippen molar-refractivity contribution >= 4 is 0 Å². The van der Waals surface area contributed by atoms with Crippen LogP contribution >= 0.6 is 0 Å². The first-order valence-corrected chi connectivity index (χ1v) is 5.72. The molecule has 86 valence electrons. The molecule has 0 radical (unpaired) electrons. The molecule has 0 fully saturated rings. The summed E-state index contributed by atoms with van der Waals surface area (Å²) in [5, 5.41) is 7.82. The predicted molar refractivity (Wildman–Crippen MR) is 62.6 cm³/mol. The van der Waals surface area contributed by atoms with E-state index < -0.39 is 0 Å². The Balaban J connectivity index is 2.33. The highest BCUT2D eigenvalue weighted by Crippen LogP contribution is 2.08. The zero-order valence-electron chi connectivity index (χ0n) is 9.74. The highest BCUT2D eigenvalue weighted by Gasteiger charge is 2.03. The number of nitrogens with one attached hydrogen (secondary N) is 1. The van der Waals surface area contributed by atoms with Gasteiger partial charge in [0.05, 0.1) is 5.69 Å². The minimum atomic E-state index is 0.489. The zero-order chi connectivity index (χ0) is 11.1. The van der Waals surface area contributed by atoms with Crippen LogP contribution in [0.2, 0.25) is 0 Å². The molecule has 15 heavy (non-hydrogen) atoms. The van der Waals surface area contributed by atoms with Crippen molar-refractivity contribution in [2.75, 3.05) is 13.1 Å². The van der Waals surface area contributed by atoms with E-state index in [9.17, 15) is 0 Å². The third-order valence-corrected chi connectivity index (χ3v) is 2.57. The highest BCUT2D eigenvalue weighted by atomic mass is 15.3. The molecule has 0 amide bonds. The molecule has 1 aromatic heterocycles. The lowest BCUT2D eigenvalue weighted by Crippen LogP contribution is -2.18. The Kier molecular flexibility index (Phi) is 5.36. The molecular formula is C11H22N4. The average molecular weight is 210 g/mol. The summed E-state index contributed by atoms with van der Waals surface area (Å²) in [5.74, 6) is 0. The van der Waals surface area contributed by atoms with Crippen LogP contribution in [0.3, 0.4) is 0 Å². The van der Waals surface area contributed by atoms with Gasteiger partial charge in [0.15, 0.2) is 0 Å². The van der Waals surface area contributed by atoms with E-state index in [2.05, 4.69) is 30.3 Å². The van der Waals surface area contributed by atoms with E-state index in [1.807, 2.05) is 10.9 Å². The SMILES string of the molecule is CCC(C)n1ccc(CNCCCN)n1. The van der Waals surface area contributed by atoms with Crippen molar-refractivity contribution in [1.82, 2.24) is 15.1 Å². The van der Waals surface area contributed by atoms with Crippen LogP contribution in [0, 0.1) is 0 Å². The van der Waals surface area contributed by atoms with Gasteiger partial charge in [0.25, 0.3) is 0 Å². The molecule has 0 aliphatic carbocycles. The summed E-state index contributed by atoms with van der Waals surface area (Å²) in [4.78, 5) is 0. The van der Waals surface area contributed by atoms with Crippen molar-refractivity contribution in [3.8, 4) is 0 Å². The maximum Gasteiger partial charge on any atom is 0.0762 e. The van der Waals surface area contributed by atoms with Crippen molar-refractivity contribution in [1.29, 1.82) is 0 Å². The highest BCUT2D eigenvalue weighted by molar-refractivity contribution is 4.99. The van der Waals surface area contributed by atoms with Crippen LogP contribution in [-0.2, 0) is 6.54 Å². The number of hydrogen-bond acceptors (Lipinski definition) is 3. The van der Waals surface area contributed by atoms with E-state index in [1.54, 1.807) is 0 Å². The van der Waals surface area contributed by atoms with Crippen LogP contribution in [0.4, 0.5) is 0 Å². The van der Waals surface area contributed by atoms with E-state index in [1.165, 1.54) is 0 Å². The van der Waals surface area contributed by atoms with Crippen LogP contribution in [0.1, 0.15) is 38.4 Å². The standard InChI is InChI=1S/C11H22N4/c1-3-10(2)15-8-5-11(14-15)9-13-7-4-6-12/h5,8,10,13H,3-4,6-7,9,12H2,1-2H3. The quantitative estimate of drug-likeness (QED) is 0.667. The Labute approximate surface area is 91.8 Å². The van der Waals surface area contributed by atoms with E-state index in [4.69, 9.17) is 5.73 Å². The molecule has 0 bridgehead atoms. The monoisotopic (exact) mass is 210 g/mol. The van der Waals surface area contributed by atoms with Crippen LogP contribution in [0.25, 0.3) is 0 Å². The first-order chi connectivity index (χ1) is 7.27. The number of aromatic nitrogens is 2. The molecule has 1 atom stereocenters. The molecule has 4 heteroatoms. The van der Waals surface area contributed by atoms with Crippen molar-refractivity contribution in [2.45, 2.75) is 39.3 Å². The van der Waals surface area contributed by atoms with Gasteiger partial charge in [0.1, 0.15) is 0 Å². The molecule has 3 N–H and O–H groups in total. The summed E-state index contributed by atoms with van der Waals surface area (Å²) in [6, 6.07) is 2.56. The van der Waals surface area contributed by atoms with Gasteiger partial charge in [0, 0.05) is 18.8 Å². The van der Waals surface area contributed by atoms with Gasteiger partial charge in [-0.3, -0.25) is 4.68 Å². The number of hydrogen-bond donors (Lipinski definition) is 2. The Morgan fingerprint density at radius 2 is 2.40 bits per heavy atom. The molecule has 0 aromatic carbocycles. The maximum absolute atomic E-state index is 5.41. The van der Waals surface area contributed by atoms with Gasteiger partial charge < -0.3 is 11.1 Å². The maximum atomic E-state index is 5.41. The van der Waals surface area contributed by atoms with Crippen molar-refractivity contribution in [3.05, 3.63) is 18.0 Å². The second kappa shape index (κ2) is 6.58. The molecule has 4 nitrogen and oxygen atoms in total. The summed E-state index contributed by atoms with van der Waals surface area (Å²) in [6.45, 7) is 6.90. The molecule has 0 aliphatic heterocycles. The Hall–Kier alpha value is -0.870. The molecule has 1 aromatic rings. The fraction of sp³-hybridized carbons (Fsp3) is 0.727. The molecular weight excluding hydrogens is 188 g/mol. The van der Waals surface area contributed by atoms with Gasteiger partial charge in [0.2, 0.25) is 0 Å². The van der Waals surface area contributed by atoms with Gasteiger partial charge >= 0.3 is 0 Å². The van der Waals surface area contributed by atoms with E-state index in [0.29, 0.717) is 6.04 Å². The minimum Gasteiger partial charge on any atom is -0.330 e. The lowest BCUT2D eigenvalue weighted by molar-refractivity contribution is 0.471. The molecule has 1 heterocycles. The van der Waals surface area contributed by atoms with Crippen LogP contribution in [-0.4, -0.2) is 22.9 Å². The average Bonchev–Trinajstić information content (AvgIpc) is 2.72. The van der Waals surface area contributed by atoms with Crippen molar-refractivity contribution in [3.63, 3.8) is 0 Å². The second-order valence-corrected chi connectivity index (χ2v) is 3.86. The molecule has 1 rings (SSSR count). The summed E-state index contributed by atoms with van der Waals surface area (Å²) >= 11 is 0. The van der Waals surface area contributed by atoms with Crippen LogP contribution in [0.5, 0.6) is 0 Å². The fourth-order valence-corrected chi connectivity index (χ4v) is 1.35. The smallest absolute Gasteiger partial charge is 0.0762 e. The van der Waals surface area contributed by atoms with Gasteiger partial charge in [-0.2, -0.15) is 5.10 Å². The van der Waals surface area contributed by atoms with Gasteiger partial charge in [-0.25, -0.2) is 0 Å². The third kappa shape index (κ3) is 4.01. The van der Waals surface area contributed by atoms with Crippen molar-refractivity contribution < 1.29 is 0 Å². The minimum absolute atomic E-state index is 0.489. The zero-order valence-corrected chi connectivity index (χ0v) is 9.74.